The number of ether oxygens (including phenoxy) is 1. The van der Waals surface area contributed by atoms with Crippen LogP contribution in [0.15, 0.2) is 18.2 Å². The average molecular weight is 520 g/mol. The van der Waals surface area contributed by atoms with Gasteiger partial charge in [-0.2, -0.15) is 0 Å². The maximum Gasteiger partial charge on any atom is 0.407 e. The van der Waals surface area contributed by atoms with E-state index in [0.29, 0.717) is 55.9 Å². The third-order valence-corrected chi connectivity index (χ3v) is 7.13. The van der Waals surface area contributed by atoms with Gasteiger partial charge in [0.15, 0.2) is 0 Å². The summed E-state index contributed by atoms with van der Waals surface area (Å²) in [6, 6.07) is 5.42. The molecule has 2 aliphatic heterocycles. The van der Waals surface area contributed by atoms with E-state index >= 15 is 0 Å². The minimum atomic E-state index is -0.673. The van der Waals surface area contributed by atoms with Crippen LogP contribution in [-0.4, -0.2) is 54.0 Å². The van der Waals surface area contributed by atoms with Crippen molar-refractivity contribution in [1.29, 1.82) is 0 Å². The van der Waals surface area contributed by atoms with Gasteiger partial charge in [-0.05, 0) is 77.0 Å². The molecule has 36 heavy (non-hydrogen) atoms. The van der Waals surface area contributed by atoms with E-state index in [4.69, 9.17) is 16.3 Å². The first-order valence-electron chi connectivity index (χ1n) is 12.9. The van der Waals surface area contributed by atoms with Crippen molar-refractivity contribution in [2.75, 3.05) is 19.6 Å². The van der Waals surface area contributed by atoms with Gasteiger partial charge in [-0.25, -0.2) is 4.79 Å². The number of likely N-dealkylation sites (tertiary alicyclic amines) is 1. The van der Waals surface area contributed by atoms with Gasteiger partial charge < -0.3 is 15.0 Å². The fraction of sp³-hybridized carbons (Fsp3) is 0.630. The summed E-state index contributed by atoms with van der Waals surface area (Å²) in [6.45, 7) is 6.91. The highest BCUT2D eigenvalue weighted by molar-refractivity contribution is 6.31. The molecule has 2 heterocycles. The molecule has 198 valence electrons. The van der Waals surface area contributed by atoms with E-state index < -0.39 is 11.0 Å². The lowest BCUT2D eigenvalue weighted by atomic mass is 9.82. The van der Waals surface area contributed by atoms with Crippen LogP contribution in [0.3, 0.4) is 0 Å². The van der Waals surface area contributed by atoms with Gasteiger partial charge >= 0.3 is 6.09 Å². The summed E-state index contributed by atoms with van der Waals surface area (Å²) in [5, 5.41) is 5.81. The molecule has 0 saturated carbocycles. The Morgan fingerprint density at radius 1 is 1.14 bits per heavy atom. The van der Waals surface area contributed by atoms with E-state index in [2.05, 4.69) is 10.6 Å². The van der Waals surface area contributed by atoms with Crippen LogP contribution in [0.1, 0.15) is 88.1 Å². The zero-order valence-corrected chi connectivity index (χ0v) is 22.3. The first kappa shape index (κ1) is 28.0. The summed E-state index contributed by atoms with van der Waals surface area (Å²) in [4.78, 5) is 50.8. The zero-order chi connectivity index (χ0) is 26.3. The summed E-state index contributed by atoms with van der Waals surface area (Å²) in [5.41, 5.74) is 0.347. The van der Waals surface area contributed by atoms with Crippen LogP contribution in [0.25, 0.3) is 0 Å². The van der Waals surface area contributed by atoms with Crippen molar-refractivity contribution >= 4 is 35.4 Å². The second kappa shape index (κ2) is 12.1. The molecule has 1 aromatic rings. The van der Waals surface area contributed by atoms with Crippen molar-refractivity contribution in [3.05, 3.63) is 34.3 Å². The molecular formula is C27H38ClN3O5. The Bertz CT molecular complexity index is 990. The molecule has 1 aromatic carbocycles. The lowest BCUT2D eigenvalue weighted by Crippen LogP contribution is -2.43. The number of carbonyl (C=O) groups excluding carboxylic acids is 4. The number of halogens is 1. The topological polar surface area (TPSA) is 105 Å². The van der Waals surface area contributed by atoms with Gasteiger partial charge in [0.25, 0.3) is 5.91 Å². The van der Waals surface area contributed by atoms with Crippen LogP contribution in [0.4, 0.5) is 4.79 Å². The zero-order valence-electron chi connectivity index (χ0n) is 21.6. The maximum absolute atomic E-state index is 13.1. The number of benzene rings is 1. The highest BCUT2D eigenvalue weighted by atomic mass is 35.5. The van der Waals surface area contributed by atoms with E-state index in [0.717, 1.165) is 37.7 Å². The van der Waals surface area contributed by atoms with Crippen molar-refractivity contribution in [2.24, 2.45) is 5.41 Å². The smallest absolute Gasteiger partial charge is 0.407 e. The van der Waals surface area contributed by atoms with E-state index in [9.17, 15) is 19.2 Å². The Morgan fingerprint density at radius 2 is 1.89 bits per heavy atom. The molecule has 9 heteroatoms. The molecule has 8 nitrogen and oxygen atoms in total. The molecule has 1 atom stereocenters. The normalized spacial score (nSPS) is 20.3. The number of hydrogen-bond acceptors (Lipinski definition) is 5. The molecule has 2 fully saturated rings. The minimum absolute atomic E-state index is 0.138. The highest BCUT2D eigenvalue weighted by Gasteiger charge is 2.47. The number of alkyl carbamates (subject to hydrolysis) is 1. The molecule has 1 spiro atoms. The number of amides is 4. The lowest BCUT2D eigenvalue weighted by molar-refractivity contribution is -0.135. The molecule has 3 rings (SSSR count). The number of rotatable bonds is 8. The van der Waals surface area contributed by atoms with Crippen LogP contribution < -0.4 is 10.6 Å². The molecule has 4 amide bonds. The summed E-state index contributed by atoms with van der Waals surface area (Å²) >= 11 is 6.50. The molecule has 2 N–H and O–H groups in total. The molecule has 2 saturated heterocycles. The number of nitrogens with one attached hydrogen (secondary N) is 2. The Balaban J connectivity index is 1.42. The van der Waals surface area contributed by atoms with Crippen molar-refractivity contribution in [3.63, 3.8) is 0 Å². The number of carbonyl (C=O) groups is 4. The van der Waals surface area contributed by atoms with Gasteiger partial charge in [-0.15, -0.1) is 0 Å². The molecule has 0 aromatic heterocycles. The van der Waals surface area contributed by atoms with Gasteiger partial charge in [0.1, 0.15) is 5.60 Å². The quantitative estimate of drug-likeness (QED) is 0.385. The monoisotopic (exact) mass is 519 g/mol. The van der Waals surface area contributed by atoms with Gasteiger partial charge in [0.05, 0.1) is 5.41 Å². The molecule has 2 aliphatic rings. The average Bonchev–Trinajstić information content (AvgIpc) is 3.17. The highest BCUT2D eigenvalue weighted by Crippen LogP contribution is 2.38. The fourth-order valence-corrected chi connectivity index (χ4v) is 5.10. The van der Waals surface area contributed by atoms with Gasteiger partial charge in [0, 0.05) is 36.6 Å². The standard InChI is InChI=1S/C27H38ClN3O5/c1-26(2,3)36-25(35)29-15-7-5-4-6-9-19-11-12-20(17-21(19)28)23(33)31-16-14-27(18-31)13-8-10-22(32)30-24(27)34/h11-12,17H,4-10,13-16,18H2,1-3H3,(H,29,35)(H,30,32,34). The predicted molar refractivity (Wildman–Crippen MR) is 138 cm³/mol. The largest absolute Gasteiger partial charge is 0.444 e. The lowest BCUT2D eigenvalue weighted by Gasteiger charge is -2.25. The molecule has 1 unspecified atom stereocenters. The van der Waals surface area contributed by atoms with Crippen LogP contribution in [0.5, 0.6) is 0 Å². The van der Waals surface area contributed by atoms with Crippen LogP contribution in [-0.2, 0) is 20.7 Å². The summed E-state index contributed by atoms with van der Waals surface area (Å²) < 4.78 is 5.22. The summed E-state index contributed by atoms with van der Waals surface area (Å²) in [7, 11) is 0. The van der Waals surface area contributed by atoms with Gasteiger partial charge in [-0.1, -0.05) is 30.5 Å². The fourth-order valence-electron chi connectivity index (χ4n) is 4.82. The van der Waals surface area contributed by atoms with Crippen LogP contribution in [0, 0.1) is 5.41 Å². The van der Waals surface area contributed by atoms with Crippen LogP contribution >= 0.6 is 11.6 Å². The van der Waals surface area contributed by atoms with Crippen molar-refractivity contribution in [2.45, 2.75) is 84.2 Å². The first-order valence-corrected chi connectivity index (χ1v) is 13.3. The Labute approximate surface area is 218 Å². The molecule has 0 aliphatic carbocycles. The Morgan fingerprint density at radius 3 is 2.61 bits per heavy atom. The van der Waals surface area contributed by atoms with Gasteiger partial charge in [-0.3, -0.25) is 19.7 Å². The number of unbranched alkanes of at least 4 members (excludes halogenated alkanes) is 3. The van der Waals surface area contributed by atoms with E-state index in [1.54, 1.807) is 17.0 Å². The minimum Gasteiger partial charge on any atom is -0.444 e. The third-order valence-electron chi connectivity index (χ3n) is 6.78. The van der Waals surface area contributed by atoms with Crippen molar-refractivity contribution in [1.82, 2.24) is 15.5 Å². The summed E-state index contributed by atoms with van der Waals surface area (Å²) in [5.74, 6) is -0.628. The number of nitrogens with zero attached hydrogens (tertiary/aromatic N) is 1. The predicted octanol–water partition coefficient (Wildman–Crippen LogP) is 4.63. The van der Waals surface area contributed by atoms with Crippen molar-refractivity contribution < 1.29 is 23.9 Å². The van der Waals surface area contributed by atoms with E-state index in [1.807, 2.05) is 26.8 Å². The summed E-state index contributed by atoms with van der Waals surface area (Å²) in [6.07, 6.45) is 6.44. The second-order valence-electron chi connectivity index (χ2n) is 10.9. The Kier molecular flexibility index (Phi) is 9.39. The maximum atomic E-state index is 13.1. The molecular weight excluding hydrogens is 482 g/mol. The second-order valence-corrected chi connectivity index (χ2v) is 11.3. The van der Waals surface area contributed by atoms with E-state index in [-0.39, 0.29) is 23.8 Å². The Hall–Kier alpha value is -2.61. The first-order chi connectivity index (χ1) is 17.0. The van der Waals surface area contributed by atoms with Crippen LogP contribution in [0.2, 0.25) is 5.02 Å². The molecule has 0 bridgehead atoms. The van der Waals surface area contributed by atoms with Gasteiger partial charge in [0.2, 0.25) is 11.8 Å². The third kappa shape index (κ3) is 7.69. The number of hydrogen-bond donors (Lipinski definition) is 2. The van der Waals surface area contributed by atoms with Crippen molar-refractivity contribution in [3.8, 4) is 0 Å². The number of aryl methyl sites for hydroxylation is 1. The SMILES string of the molecule is CC(C)(C)OC(=O)NCCCCCCc1ccc(C(=O)N2CCC3(CCCC(=O)NC3=O)C2)cc1Cl. The van der Waals surface area contributed by atoms with E-state index in [1.165, 1.54) is 0 Å². The number of imide groups is 1. The molecule has 0 radical (unpaired) electrons.